The van der Waals surface area contributed by atoms with Crippen LogP contribution in [-0.4, -0.2) is 34.9 Å². The summed E-state index contributed by atoms with van der Waals surface area (Å²) in [5, 5.41) is 8.88. The van der Waals surface area contributed by atoms with Gasteiger partial charge >= 0.3 is 0 Å². The third-order valence-electron chi connectivity index (χ3n) is 8.59. The Morgan fingerprint density at radius 1 is 0.634 bits per heavy atom. The number of unbranched alkanes of at least 4 members (excludes halogenated alkanes) is 12. The number of hydrogen-bond acceptors (Lipinski definition) is 3. The highest BCUT2D eigenvalue weighted by Gasteiger charge is 2.35. The van der Waals surface area contributed by atoms with Crippen molar-refractivity contribution in [3.05, 3.63) is 60.7 Å². The molecule has 3 rings (SSSR count). The molecule has 2 aromatic carbocycles. The molecular formula is C37H62O3S. The molecule has 41 heavy (non-hydrogen) atoms. The summed E-state index contributed by atoms with van der Waals surface area (Å²) in [6.45, 7) is 9.52. The SMILES string of the molecule is CC(C)(C)S(C)(c1ccccc1)c1ccccc1.CCCCCCCCCCCCCCCC1CC(CCO)OO1. The van der Waals surface area contributed by atoms with Gasteiger partial charge in [0.15, 0.2) is 0 Å². The molecule has 0 aliphatic carbocycles. The monoisotopic (exact) mass is 586 g/mol. The standard InChI is InChI=1S/C20H40O3.C17H22S/c1-2-3-4-5-6-7-8-9-10-11-12-13-14-15-19-18-20(16-17-21)23-22-19;1-17(2,3)18(4,15-11-7-5-8-12-15)16-13-9-6-10-14-16/h19-21H,2-18H2,1H3;5-14H,1-4H3. The molecule has 0 aromatic heterocycles. The van der Waals surface area contributed by atoms with E-state index in [4.69, 9.17) is 14.9 Å². The van der Waals surface area contributed by atoms with Crippen LogP contribution in [-0.2, 0) is 9.78 Å². The Balaban J connectivity index is 0.000000295. The maximum atomic E-state index is 8.88. The zero-order chi connectivity index (χ0) is 29.8. The predicted octanol–water partition coefficient (Wildman–Crippen LogP) is 11.3. The van der Waals surface area contributed by atoms with Gasteiger partial charge < -0.3 is 5.11 Å². The fourth-order valence-corrected chi connectivity index (χ4v) is 8.71. The van der Waals surface area contributed by atoms with Crippen molar-refractivity contribution in [2.24, 2.45) is 0 Å². The van der Waals surface area contributed by atoms with Gasteiger partial charge in [-0.3, -0.25) is 0 Å². The summed E-state index contributed by atoms with van der Waals surface area (Å²) < 4.78 is 0.246. The lowest BCUT2D eigenvalue weighted by Crippen LogP contribution is -2.24. The number of benzene rings is 2. The zero-order valence-corrected chi connectivity index (χ0v) is 27.9. The van der Waals surface area contributed by atoms with Crippen molar-refractivity contribution in [1.82, 2.24) is 0 Å². The van der Waals surface area contributed by atoms with Gasteiger partial charge in [0.05, 0.1) is 12.2 Å². The molecule has 1 heterocycles. The number of rotatable bonds is 18. The van der Waals surface area contributed by atoms with E-state index in [9.17, 15) is 0 Å². The fourth-order valence-electron chi connectivity index (χ4n) is 5.62. The average molecular weight is 587 g/mol. The van der Waals surface area contributed by atoms with Gasteiger partial charge in [-0.25, -0.2) is 9.78 Å². The molecule has 2 unspecified atom stereocenters. The normalized spacial score (nSPS) is 17.7. The molecule has 0 bridgehead atoms. The highest BCUT2D eigenvalue weighted by Crippen LogP contribution is 2.67. The third kappa shape index (κ3) is 13.2. The third-order valence-corrected chi connectivity index (χ3v) is 13.5. The van der Waals surface area contributed by atoms with Crippen LogP contribution < -0.4 is 0 Å². The lowest BCUT2D eigenvalue weighted by atomic mass is 10.0. The summed E-state index contributed by atoms with van der Waals surface area (Å²) in [7, 11) is -1.01. The largest absolute Gasteiger partial charge is 0.396 e. The Morgan fingerprint density at radius 2 is 1.02 bits per heavy atom. The molecule has 3 nitrogen and oxygen atoms in total. The van der Waals surface area contributed by atoms with Crippen LogP contribution in [0.3, 0.4) is 0 Å². The zero-order valence-electron chi connectivity index (χ0n) is 27.1. The summed E-state index contributed by atoms with van der Waals surface area (Å²) in [5.41, 5.74) is 0. The van der Waals surface area contributed by atoms with Crippen LogP contribution in [0.15, 0.2) is 70.5 Å². The Labute approximate surface area is 255 Å². The molecule has 0 spiro atoms. The summed E-state index contributed by atoms with van der Waals surface area (Å²) in [4.78, 5) is 13.4. The molecule has 2 atom stereocenters. The first kappa shape index (κ1) is 35.9. The van der Waals surface area contributed by atoms with Crippen LogP contribution in [0, 0.1) is 0 Å². The summed E-state index contributed by atoms with van der Waals surface area (Å²) in [6, 6.07) is 21.9. The molecule has 1 N–H and O–H groups in total. The first-order valence-electron chi connectivity index (χ1n) is 16.6. The van der Waals surface area contributed by atoms with Crippen molar-refractivity contribution in [1.29, 1.82) is 0 Å². The molecule has 2 aromatic rings. The van der Waals surface area contributed by atoms with Crippen molar-refractivity contribution in [3.8, 4) is 0 Å². The number of aliphatic hydroxyl groups is 1. The molecule has 1 aliphatic heterocycles. The lowest BCUT2D eigenvalue weighted by Gasteiger charge is -2.48. The van der Waals surface area contributed by atoms with Crippen LogP contribution in [0.2, 0.25) is 0 Å². The van der Waals surface area contributed by atoms with Crippen LogP contribution in [0.4, 0.5) is 0 Å². The molecule has 1 aliphatic rings. The minimum atomic E-state index is -1.01. The number of hydrogen-bond donors (Lipinski definition) is 1. The van der Waals surface area contributed by atoms with E-state index in [1.807, 2.05) is 0 Å². The second-order valence-corrected chi connectivity index (χ2v) is 16.9. The predicted molar refractivity (Wildman–Crippen MR) is 179 cm³/mol. The molecular weight excluding hydrogens is 524 g/mol. The lowest BCUT2D eigenvalue weighted by molar-refractivity contribution is -0.298. The van der Waals surface area contributed by atoms with Gasteiger partial charge in [0, 0.05) is 13.0 Å². The first-order valence-corrected chi connectivity index (χ1v) is 18.7. The topological polar surface area (TPSA) is 38.7 Å². The van der Waals surface area contributed by atoms with E-state index in [0.29, 0.717) is 6.42 Å². The second-order valence-electron chi connectivity index (χ2n) is 12.9. The summed E-state index contributed by atoms with van der Waals surface area (Å²) in [5.74, 6) is 0. The molecule has 0 radical (unpaired) electrons. The molecule has 1 saturated heterocycles. The van der Waals surface area contributed by atoms with E-state index in [1.165, 1.54) is 93.3 Å². The van der Waals surface area contributed by atoms with Crippen molar-refractivity contribution >= 4 is 10.0 Å². The van der Waals surface area contributed by atoms with E-state index in [-0.39, 0.29) is 23.6 Å². The van der Waals surface area contributed by atoms with Gasteiger partial charge in [-0.2, -0.15) is 10.0 Å². The minimum absolute atomic E-state index is 0.118. The second kappa shape index (κ2) is 20.6. The smallest absolute Gasteiger partial charge is 0.0977 e. The van der Waals surface area contributed by atoms with Gasteiger partial charge in [0.25, 0.3) is 0 Å². The highest BCUT2D eigenvalue weighted by atomic mass is 32.3. The van der Waals surface area contributed by atoms with Gasteiger partial charge in [0.2, 0.25) is 0 Å². The Bertz CT molecular complexity index is 841. The molecule has 0 amide bonds. The first-order chi connectivity index (χ1) is 19.8. The van der Waals surface area contributed by atoms with Crippen molar-refractivity contribution in [3.63, 3.8) is 0 Å². The maximum absolute atomic E-state index is 8.88. The van der Waals surface area contributed by atoms with Gasteiger partial charge in [-0.1, -0.05) is 148 Å². The molecule has 4 heteroatoms. The molecule has 0 saturated carbocycles. The van der Waals surface area contributed by atoms with E-state index < -0.39 is 10.0 Å². The van der Waals surface area contributed by atoms with Crippen LogP contribution in [0.25, 0.3) is 0 Å². The van der Waals surface area contributed by atoms with Gasteiger partial charge in [-0.05, 0) is 57.9 Å². The van der Waals surface area contributed by atoms with Crippen molar-refractivity contribution in [2.45, 2.75) is 157 Å². The van der Waals surface area contributed by atoms with Gasteiger partial charge in [0.1, 0.15) is 0 Å². The Morgan fingerprint density at radius 3 is 1.41 bits per heavy atom. The fraction of sp³-hybridized carbons (Fsp3) is 0.676. The van der Waals surface area contributed by atoms with Crippen molar-refractivity contribution < 1.29 is 14.9 Å². The quantitative estimate of drug-likeness (QED) is 0.139. The van der Waals surface area contributed by atoms with Crippen LogP contribution in [0.1, 0.15) is 130 Å². The maximum Gasteiger partial charge on any atom is 0.0977 e. The number of aliphatic hydroxyl groups excluding tert-OH is 1. The minimum Gasteiger partial charge on any atom is -0.396 e. The highest BCUT2D eigenvalue weighted by molar-refractivity contribution is 8.34. The summed E-state index contributed by atoms with van der Waals surface area (Å²) >= 11 is 0. The Hall–Kier alpha value is -1.33. The molecule has 1 fully saturated rings. The van der Waals surface area contributed by atoms with Crippen LogP contribution >= 0.6 is 10.0 Å². The Kier molecular flexibility index (Phi) is 18.0. The van der Waals surface area contributed by atoms with E-state index >= 15 is 0 Å². The summed E-state index contributed by atoms with van der Waals surface area (Å²) in [6.07, 6.45) is 23.7. The van der Waals surface area contributed by atoms with E-state index in [2.05, 4.69) is 94.6 Å². The molecule has 234 valence electrons. The van der Waals surface area contributed by atoms with Crippen LogP contribution in [0.5, 0.6) is 0 Å². The van der Waals surface area contributed by atoms with Crippen molar-refractivity contribution in [2.75, 3.05) is 12.9 Å². The van der Waals surface area contributed by atoms with E-state index in [1.54, 1.807) is 0 Å². The van der Waals surface area contributed by atoms with E-state index in [0.717, 1.165) is 12.8 Å². The average Bonchev–Trinajstić information content (AvgIpc) is 3.43. The van der Waals surface area contributed by atoms with Gasteiger partial charge in [-0.15, -0.1) is 0 Å².